The van der Waals surface area contributed by atoms with Crippen molar-refractivity contribution >= 4 is 21.7 Å². The number of amides is 1. The van der Waals surface area contributed by atoms with Crippen LogP contribution in [0.3, 0.4) is 0 Å². The number of carboxylic acids is 1. The highest BCUT2D eigenvalue weighted by molar-refractivity contribution is 7.94. The summed E-state index contributed by atoms with van der Waals surface area (Å²) in [5, 5.41) is 12.9. The van der Waals surface area contributed by atoms with Crippen LogP contribution in [0.5, 0.6) is 5.75 Å². The maximum Gasteiger partial charge on any atom is 0.335 e. The molecule has 0 bridgehead atoms. The molecular formula is C17H19NO6S. The van der Waals surface area contributed by atoms with E-state index in [-0.39, 0.29) is 16.9 Å². The summed E-state index contributed by atoms with van der Waals surface area (Å²) in [4.78, 5) is 23.6. The van der Waals surface area contributed by atoms with E-state index < -0.39 is 27.8 Å². The molecule has 1 aliphatic carbocycles. The van der Waals surface area contributed by atoms with Crippen molar-refractivity contribution in [2.24, 2.45) is 5.92 Å². The molecule has 1 aromatic carbocycles. The van der Waals surface area contributed by atoms with E-state index in [0.717, 1.165) is 18.2 Å². The van der Waals surface area contributed by atoms with Gasteiger partial charge in [-0.15, -0.1) is 0 Å². The standard InChI is InChI=1S/C17H19NO6S/c19-16(18-14-4-5-25(22,23)10-14)12-6-13(17(20)21)8-15(7-12)24-9-11-2-1-3-11/h4-8,11,14H,1-3,9-10H2,(H,18,19)(H,20,21)/t14-/m0/s1. The highest BCUT2D eigenvalue weighted by Gasteiger charge is 2.24. The van der Waals surface area contributed by atoms with Gasteiger partial charge in [0, 0.05) is 11.0 Å². The molecule has 1 heterocycles. The van der Waals surface area contributed by atoms with Crippen LogP contribution in [0.15, 0.2) is 29.7 Å². The Kier molecular flexibility index (Phi) is 4.80. The number of carbonyl (C=O) groups is 2. The third kappa shape index (κ3) is 4.39. The van der Waals surface area contributed by atoms with Gasteiger partial charge in [-0.2, -0.15) is 0 Å². The van der Waals surface area contributed by atoms with Crippen molar-refractivity contribution < 1.29 is 27.9 Å². The average Bonchev–Trinajstić information content (AvgIpc) is 2.84. The van der Waals surface area contributed by atoms with Crippen molar-refractivity contribution in [1.82, 2.24) is 5.32 Å². The summed E-state index contributed by atoms with van der Waals surface area (Å²) >= 11 is 0. The number of aromatic carboxylic acids is 1. The number of rotatable bonds is 6. The smallest absolute Gasteiger partial charge is 0.335 e. The van der Waals surface area contributed by atoms with Gasteiger partial charge in [0.1, 0.15) is 5.75 Å². The Labute approximate surface area is 145 Å². The van der Waals surface area contributed by atoms with E-state index in [1.54, 1.807) is 0 Å². The second-order valence-electron chi connectivity index (χ2n) is 6.40. The Bertz CT molecular complexity index is 826. The number of carboxylic acid groups (broad SMARTS) is 1. The van der Waals surface area contributed by atoms with E-state index in [9.17, 15) is 23.1 Å². The summed E-state index contributed by atoms with van der Waals surface area (Å²) in [5.41, 5.74) is 0.0760. The second kappa shape index (κ2) is 6.87. The first-order valence-corrected chi connectivity index (χ1v) is 9.77. The largest absolute Gasteiger partial charge is 0.493 e. The Hall–Kier alpha value is -2.35. The molecule has 1 fully saturated rings. The lowest BCUT2D eigenvalue weighted by Gasteiger charge is -2.25. The molecule has 2 N–H and O–H groups in total. The molecule has 0 radical (unpaired) electrons. The number of ether oxygens (including phenoxy) is 1. The molecule has 0 spiro atoms. The van der Waals surface area contributed by atoms with Crippen molar-refractivity contribution in [3.63, 3.8) is 0 Å². The summed E-state index contributed by atoms with van der Waals surface area (Å²) in [6.45, 7) is 0.494. The Morgan fingerprint density at radius 1 is 1.20 bits per heavy atom. The third-order valence-corrected chi connectivity index (χ3v) is 5.77. The Balaban J connectivity index is 1.74. The zero-order valence-electron chi connectivity index (χ0n) is 13.5. The fraction of sp³-hybridized carbons (Fsp3) is 0.412. The van der Waals surface area contributed by atoms with Crippen LogP contribution in [-0.2, 0) is 9.84 Å². The lowest BCUT2D eigenvalue weighted by atomic mass is 9.86. The predicted octanol–water partition coefficient (Wildman–Crippen LogP) is 1.60. The number of hydrogen-bond donors (Lipinski definition) is 2. The van der Waals surface area contributed by atoms with Crippen molar-refractivity contribution in [3.8, 4) is 5.75 Å². The lowest BCUT2D eigenvalue weighted by molar-refractivity contribution is 0.0696. The summed E-state index contributed by atoms with van der Waals surface area (Å²) in [6, 6.07) is 3.50. The van der Waals surface area contributed by atoms with E-state index in [0.29, 0.717) is 18.3 Å². The lowest BCUT2D eigenvalue weighted by Crippen LogP contribution is -2.35. The minimum Gasteiger partial charge on any atom is -0.493 e. The molecule has 0 saturated heterocycles. The van der Waals surface area contributed by atoms with Crippen molar-refractivity contribution in [2.75, 3.05) is 12.4 Å². The topological polar surface area (TPSA) is 110 Å². The first kappa shape index (κ1) is 17.5. The van der Waals surface area contributed by atoms with Crippen LogP contribution < -0.4 is 10.1 Å². The Morgan fingerprint density at radius 2 is 1.92 bits per heavy atom. The molecule has 1 saturated carbocycles. The SMILES string of the molecule is O=C(O)c1cc(OCC2CCC2)cc(C(=O)N[C@H]2C=CS(=O)(=O)C2)c1. The van der Waals surface area contributed by atoms with E-state index in [4.69, 9.17) is 4.74 Å². The number of sulfone groups is 1. The van der Waals surface area contributed by atoms with Crippen LogP contribution in [0.4, 0.5) is 0 Å². The highest BCUT2D eigenvalue weighted by Crippen LogP contribution is 2.27. The van der Waals surface area contributed by atoms with Crippen LogP contribution in [0.25, 0.3) is 0 Å². The quantitative estimate of drug-likeness (QED) is 0.792. The molecule has 1 aromatic rings. The summed E-state index contributed by atoms with van der Waals surface area (Å²) in [7, 11) is -3.28. The fourth-order valence-electron chi connectivity index (χ4n) is 2.73. The summed E-state index contributed by atoms with van der Waals surface area (Å²) in [6.07, 6.45) is 4.76. The van der Waals surface area contributed by atoms with Crippen LogP contribution in [0.1, 0.15) is 40.0 Å². The molecule has 0 aromatic heterocycles. The maximum absolute atomic E-state index is 12.4. The molecule has 7 nitrogen and oxygen atoms in total. The van der Waals surface area contributed by atoms with Gasteiger partial charge in [-0.1, -0.05) is 6.42 Å². The Morgan fingerprint density at radius 3 is 2.48 bits per heavy atom. The highest BCUT2D eigenvalue weighted by atomic mass is 32.2. The number of benzene rings is 1. The second-order valence-corrected chi connectivity index (χ2v) is 8.33. The van der Waals surface area contributed by atoms with Gasteiger partial charge in [-0.25, -0.2) is 13.2 Å². The van der Waals surface area contributed by atoms with Gasteiger partial charge in [-0.3, -0.25) is 4.79 Å². The van der Waals surface area contributed by atoms with E-state index in [1.807, 2.05) is 0 Å². The van der Waals surface area contributed by atoms with Crippen LogP contribution in [0.2, 0.25) is 0 Å². The van der Waals surface area contributed by atoms with Crippen LogP contribution >= 0.6 is 0 Å². The monoisotopic (exact) mass is 365 g/mol. The normalized spacial score (nSPS) is 21.5. The molecule has 1 atom stereocenters. The van der Waals surface area contributed by atoms with E-state index in [2.05, 4.69) is 5.32 Å². The maximum atomic E-state index is 12.4. The van der Waals surface area contributed by atoms with Crippen molar-refractivity contribution in [2.45, 2.75) is 25.3 Å². The molecule has 25 heavy (non-hydrogen) atoms. The van der Waals surface area contributed by atoms with Crippen LogP contribution in [-0.4, -0.2) is 43.8 Å². The van der Waals surface area contributed by atoms with Gasteiger partial charge in [0.2, 0.25) is 0 Å². The number of nitrogens with one attached hydrogen (secondary N) is 1. The molecule has 134 valence electrons. The zero-order chi connectivity index (χ0) is 18.0. The average molecular weight is 365 g/mol. The molecule has 0 unspecified atom stereocenters. The van der Waals surface area contributed by atoms with Gasteiger partial charge in [0.25, 0.3) is 5.91 Å². The van der Waals surface area contributed by atoms with Gasteiger partial charge in [-0.05, 0) is 43.0 Å². The predicted molar refractivity (Wildman–Crippen MR) is 90.4 cm³/mol. The molecule has 2 aliphatic rings. The minimum absolute atomic E-state index is 0.0501. The summed E-state index contributed by atoms with van der Waals surface area (Å²) in [5.74, 6) is -1.09. The van der Waals surface area contributed by atoms with E-state index >= 15 is 0 Å². The van der Waals surface area contributed by atoms with Gasteiger partial charge in [0.15, 0.2) is 9.84 Å². The summed E-state index contributed by atoms with van der Waals surface area (Å²) < 4.78 is 28.4. The first-order chi connectivity index (χ1) is 11.8. The van der Waals surface area contributed by atoms with Gasteiger partial charge < -0.3 is 15.2 Å². The molecular weight excluding hydrogens is 346 g/mol. The van der Waals surface area contributed by atoms with Crippen LogP contribution in [0, 0.1) is 5.92 Å². The molecule has 3 rings (SSSR count). The minimum atomic E-state index is -3.28. The van der Waals surface area contributed by atoms with Crippen molar-refractivity contribution in [1.29, 1.82) is 0 Å². The van der Waals surface area contributed by atoms with Crippen molar-refractivity contribution in [3.05, 3.63) is 40.8 Å². The van der Waals surface area contributed by atoms with E-state index in [1.165, 1.54) is 30.7 Å². The van der Waals surface area contributed by atoms with Gasteiger partial charge >= 0.3 is 5.97 Å². The molecule has 8 heteroatoms. The fourth-order valence-corrected chi connectivity index (χ4v) is 3.96. The zero-order valence-corrected chi connectivity index (χ0v) is 14.3. The third-order valence-electron chi connectivity index (χ3n) is 4.37. The number of carbonyl (C=O) groups excluding carboxylic acids is 1. The van der Waals surface area contributed by atoms with Gasteiger partial charge in [0.05, 0.1) is 24.0 Å². The molecule has 1 amide bonds. The number of hydrogen-bond acceptors (Lipinski definition) is 5. The molecule has 1 aliphatic heterocycles. The first-order valence-electron chi connectivity index (χ1n) is 8.05.